The lowest BCUT2D eigenvalue weighted by molar-refractivity contribution is -0.118. The standard InChI is InChI=1S/C30H30IN3O5/c1-5-37-24-10-8-23(9-11-24)33-30(36)22(17-32)14-21-15-25(31)29(27(16-21)38-6-2)39-18-28(35)34-26-12-7-19(3)13-20(26)4/h7-16H,5-6,18H2,1-4H3,(H,33,36)(H,34,35)/b22-14+. The van der Waals surface area contributed by atoms with Crippen LogP contribution in [0, 0.1) is 28.7 Å². The van der Waals surface area contributed by atoms with Crippen molar-refractivity contribution in [2.75, 3.05) is 30.5 Å². The number of rotatable bonds is 11. The highest BCUT2D eigenvalue weighted by Gasteiger charge is 2.16. The van der Waals surface area contributed by atoms with Crippen LogP contribution < -0.4 is 24.8 Å². The summed E-state index contributed by atoms with van der Waals surface area (Å²) < 4.78 is 17.7. The minimum atomic E-state index is -0.543. The van der Waals surface area contributed by atoms with Crippen molar-refractivity contribution >= 4 is 51.9 Å². The molecule has 8 nitrogen and oxygen atoms in total. The smallest absolute Gasteiger partial charge is 0.266 e. The maximum absolute atomic E-state index is 12.8. The van der Waals surface area contributed by atoms with E-state index in [9.17, 15) is 14.9 Å². The van der Waals surface area contributed by atoms with E-state index in [1.807, 2.05) is 52.0 Å². The summed E-state index contributed by atoms with van der Waals surface area (Å²) >= 11 is 2.07. The van der Waals surface area contributed by atoms with Gasteiger partial charge in [0, 0.05) is 11.4 Å². The molecule has 0 radical (unpaired) electrons. The summed E-state index contributed by atoms with van der Waals surface area (Å²) in [5.41, 5.74) is 3.83. The molecule has 0 bridgehead atoms. The Hall–Kier alpha value is -4.04. The first-order chi connectivity index (χ1) is 18.7. The van der Waals surface area contributed by atoms with Gasteiger partial charge in [0.1, 0.15) is 17.4 Å². The molecular weight excluding hydrogens is 609 g/mol. The van der Waals surface area contributed by atoms with Gasteiger partial charge in [0.05, 0.1) is 16.8 Å². The van der Waals surface area contributed by atoms with Gasteiger partial charge < -0.3 is 24.8 Å². The predicted octanol–water partition coefficient (Wildman–Crippen LogP) is 6.27. The van der Waals surface area contributed by atoms with E-state index in [4.69, 9.17) is 14.2 Å². The van der Waals surface area contributed by atoms with E-state index in [1.165, 1.54) is 6.08 Å². The Morgan fingerprint density at radius 3 is 2.31 bits per heavy atom. The molecule has 2 amide bonds. The van der Waals surface area contributed by atoms with Crippen molar-refractivity contribution in [1.29, 1.82) is 5.26 Å². The summed E-state index contributed by atoms with van der Waals surface area (Å²) in [5, 5.41) is 15.2. The average molecular weight is 639 g/mol. The van der Waals surface area contributed by atoms with Crippen LogP contribution in [0.3, 0.4) is 0 Å². The van der Waals surface area contributed by atoms with Gasteiger partial charge in [0.15, 0.2) is 18.1 Å². The predicted molar refractivity (Wildman–Crippen MR) is 160 cm³/mol. The summed E-state index contributed by atoms with van der Waals surface area (Å²) in [6.45, 7) is 8.33. The van der Waals surface area contributed by atoms with Crippen LogP contribution in [0.15, 0.2) is 60.2 Å². The number of ether oxygens (including phenoxy) is 3. The van der Waals surface area contributed by atoms with E-state index >= 15 is 0 Å². The number of carbonyl (C=O) groups is 2. The number of benzene rings is 3. The van der Waals surface area contributed by atoms with E-state index in [0.717, 1.165) is 16.8 Å². The van der Waals surface area contributed by atoms with Crippen LogP contribution in [0.25, 0.3) is 6.08 Å². The number of aryl methyl sites for hydroxylation is 2. The van der Waals surface area contributed by atoms with Gasteiger partial charge in [-0.15, -0.1) is 0 Å². The van der Waals surface area contributed by atoms with Gasteiger partial charge in [0.2, 0.25) is 0 Å². The van der Waals surface area contributed by atoms with Gasteiger partial charge in [-0.2, -0.15) is 5.26 Å². The van der Waals surface area contributed by atoms with Gasteiger partial charge in [-0.1, -0.05) is 17.7 Å². The number of nitrogens with one attached hydrogen (secondary N) is 2. The summed E-state index contributed by atoms with van der Waals surface area (Å²) in [6.07, 6.45) is 1.48. The normalized spacial score (nSPS) is 10.8. The highest BCUT2D eigenvalue weighted by atomic mass is 127. The van der Waals surface area contributed by atoms with Crippen molar-refractivity contribution in [3.63, 3.8) is 0 Å². The van der Waals surface area contributed by atoms with Gasteiger partial charge >= 0.3 is 0 Å². The first-order valence-electron chi connectivity index (χ1n) is 12.4. The minimum Gasteiger partial charge on any atom is -0.494 e. The van der Waals surface area contributed by atoms with Crippen molar-refractivity contribution in [3.8, 4) is 23.3 Å². The van der Waals surface area contributed by atoms with Crippen LogP contribution in [0.1, 0.15) is 30.5 Å². The topological polar surface area (TPSA) is 110 Å². The quantitative estimate of drug-likeness (QED) is 0.146. The fourth-order valence-corrected chi connectivity index (χ4v) is 4.45. The number of nitrogens with zero attached hydrogens (tertiary/aromatic N) is 1. The zero-order valence-corrected chi connectivity index (χ0v) is 24.4. The maximum atomic E-state index is 12.8. The number of anilines is 2. The molecule has 3 aromatic carbocycles. The minimum absolute atomic E-state index is 0.0800. The second kappa shape index (κ2) is 14.2. The molecule has 0 saturated heterocycles. The molecule has 0 aliphatic rings. The molecule has 0 atom stereocenters. The van der Waals surface area contributed by atoms with E-state index in [-0.39, 0.29) is 18.1 Å². The highest BCUT2D eigenvalue weighted by molar-refractivity contribution is 14.1. The third kappa shape index (κ3) is 8.48. The second-order valence-corrected chi connectivity index (χ2v) is 9.66. The lowest BCUT2D eigenvalue weighted by Crippen LogP contribution is -2.21. The summed E-state index contributed by atoms with van der Waals surface area (Å²) in [7, 11) is 0. The van der Waals surface area contributed by atoms with E-state index in [1.54, 1.807) is 36.4 Å². The number of hydrogen-bond acceptors (Lipinski definition) is 6. The van der Waals surface area contributed by atoms with Crippen LogP contribution in [0.2, 0.25) is 0 Å². The Bertz CT molecular complexity index is 1410. The Morgan fingerprint density at radius 1 is 0.949 bits per heavy atom. The molecule has 0 saturated carbocycles. The number of carbonyl (C=O) groups excluding carboxylic acids is 2. The zero-order valence-electron chi connectivity index (χ0n) is 22.3. The fraction of sp³-hybridized carbons (Fsp3) is 0.233. The van der Waals surface area contributed by atoms with E-state index < -0.39 is 5.91 Å². The second-order valence-electron chi connectivity index (χ2n) is 8.50. The first-order valence-corrected chi connectivity index (χ1v) is 13.4. The Morgan fingerprint density at radius 2 is 1.67 bits per heavy atom. The Balaban J connectivity index is 1.75. The van der Waals surface area contributed by atoms with Crippen molar-refractivity contribution in [1.82, 2.24) is 0 Å². The summed E-state index contributed by atoms with van der Waals surface area (Å²) in [6, 6.07) is 18.1. The largest absolute Gasteiger partial charge is 0.494 e. The molecule has 0 aromatic heterocycles. The van der Waals surface area contributed by atoms with Crippen molar-refractivity contribution < 1.29 is 23.8 Å². The number of nitriles is 1. The van der Waals surface area contributed by atoms with Crippen molar-refractivity contribution in [2.24, 2.45) is 0 Å². The number of halogens is 1. The Kier molecular flexibility index (Phi) is 10.8. The summed E-state index contributed by atoms with van der Waals surface area (Å²) in [4.78, 5) is 25.3. The molecule has 2 N–H and O–H groups in total. The number of amides is 2. The lowest BCUT2D eigenvalue weighted by atomic mass is 10.1. The summed E-state index contributed by atoms with van der Waals surface area (Å²) in [5.74, 6) is 0.649. The zero-order chi connectivity index (χ0) is 28.4. The highest BCUT2D eigenvalue weighted by Crippen LogP contribution is 2.35. The average Bonchev–Trinajstić information content (AvgIpc) is 2.90. The molecule has 9 heteroatoms. The Labute approximate surface area is 242 Å². The molecule has 0 aliphatic carbocycles. The lowest BCUT2D eigenvalue weighted by Gasteiger charge is -2.15. The maximum Gasteiger partial charge on any atom is 0.266 e. The third-order valence-electron chi connectivity index (χ3n) is 5.43. The first kappa shape index (κ1) is 29.5. The van der Waals surface area contributed by atoms with Crippen LogP contribution in [-0.4, -0.2) is 31.6 Å². The third-order valence-corrected chi connectivity index (χ3v) is 6.24. The molecular formula is C30H30IN3O5. The molecule has 0 aliphatic heterocycles. The molecule has 0 spiro atoms. The van der Waals surface area contributed by atoms with Gasteiger partial charge in [0.25, 0.3) is 11.8 Å². The molecule has 3 aromatic rings. The van der Waals surface area contributed by atoms with Crippen LogP contribution >= 0.6 is 22.6 Å². The van der Waals surface area contributed by atoms with Gasteiger partial charge in [-0.3, -0.25) is 9.59 Å². The molecule has 39 heavy (non-hydrogen) atoms. The van der Waals surface area contributed by atoms with Crippen molar-refractivity contribution in [3.05, 3.63) is 80.4 Å². The molecule has 0 heterocycles. The van der Waals surface area contributed by atoms with Crippen LogP contribution in [0.5, 0.6) is 17.2 Å². The van der Waals surface area contributed by atoms with Crippen LogP contribution in [-0.2, 0) is 9.59 Å². The molecule has 0 fully saturated rings. The van der Waals surface area contributed by atoms with Crippen LogP contribution in [0.4, 0.5) is 11.4 Å². The monoisotopic (exact) mass is 639 g/mol. The fourth-order valence-electron chi connectivity index (χ4n) is 3.67. The molecule has 0 unspecified atom stereocenters. The van der Waals surface area contributed by atoms with Gasteiger partial charge in [-0.05, 0) is 110 Å². The molecule has 3 rings (SSSR count). The number of hydrogen-bond donors (Lipinski definition) is 2. The van der Waals surface area contributed by atoms with E-state index in [2.05, 4.69) is 33.2 Å². The molecule has 202 valence electrons. The SMILES string of the molecule is CCOc1ccc(NC(=O)/C(C#N)=C/c2cc(I)c(OCC(=O)Nc3ccc(C)cc3C)c(OCC)c2)cc1. The van der Waals surface area contributed by atoms with Gasteiger partial charge in [-0.25, -0.2) is 0 Å². The van der Waals surface area contributed by atoms with E-state index in [0.29, 0.717) is 45.3 Å². The van der Waals surface area contributed by atoms with Crippen molar-refractivity contribution in [2.45, 2.75) is 27.7 Å².